The fourth-order valence-electron chi connectivity index (χ4n) is 3.72. The maximum absolute atomic E-state index is 12.7. The summed E-state index contributed by atoms with van der Waals surface area (Å²) >= 11 is 5.32. The lowest BCUT2D eigenvalue weighted by Gasteiger charge is -2.11. The third kappa shape index (κ3) is 5.76. The van der Waals surface area contributed by atoms with Crippen LogP contribution >= 0.6 is 12.2 Å². The van der Waals surface area contributed by atoms with E-state index in [1.54, 1.807) is 36.4 Å². The van der Waals surface area contributed by atoms with Crippen LogP contribution in [0.4, 0.5) is 5.69 Å². The molecule has 184 valence electrons. The van der Waals surface area contributed by atoms with E-state index in [9.17, 15) is 9.90 Å². The van der Waals surface area contributed by atoms with Gasteiger partial charge in [0.05, 0.1) is 5.56 Å². The number of carbonyl (C=O) groups excluding carboxylic acids is 1. The molecule has 0 saturated heterocycles. The summed E-state index contributed by atoms with van der Waals surface area (Å²) in [7, 11) is 0. The molecule has 5 rings (SSSR count). The molecule has 1 aromatic heterocycles. The van der Waals surface area contributed by atoms with E-state index >= 15 is 0 Å². The van der Waals surface area contributed by atoms with E-state index in [0.29, 0.717) is 40.3 Å². The molecular formula is C29H23N3O4S. The topological polar surface area (TPSA) is 96.6 Å². The molecule has 3 N–H and O–H groups in total. The molecule has 7 nitrogen and oxygen atoms in total. The molecule has 0 atom stereocenters. The molecule has 0 saturated carbocycles. The van der Waals surface area contributed by atoms with Crippen molar-refractivity contribution in [1.29, 1.82) is 0 Å². The average molecular weight is 510 g/mol. The van der Waals surface area contributed by atoms with E-state index in [1.165, 1.54) is 6.07 Å². The normalized spacial score (nSPS) is 10.7. The molecule has 4 aromatic carbocycles. The van der Waals surface area contributed by atoms with E-state index in [2.05, 4.69) is 15.6 Å². The summed E-state index contributed by atoms with van der Waals surface area (Å²) in [6, 6.07) is 27.2. The molecule has 0 fully saturated rings. The lowest BCUT2D eigenvalue weighted by molar-refractivity contribution is 0.0977. The summed E-state index contributed by atoms with van der Waals surface area (Å²) in [4.78, 5) is 17.1. The highest BCUT2D eigenvalue weighted by molar-refractivity contribution is 7.80. The van der Waals surface area contributed by atoms with E-state index in [0.717, 1.165) is 11.1 Å². The van der Waals surface area contributed by atoms with Gasteiger partial charge in [-0.3, -0.25) is 10.1 Å². The van der Waals surface area contributed by atoms with Gasteiger partial charge >= 0.3 is 0 Å². The molecule has 0 bridgehead atoms. The molecule has 0 aliphatic carbocycles. The molecule has 37 heavy (non-hydrogen) atoms. The summed E-state index contributed by atoms with van der Waals surface area (Å²) in [5, 5.41) is 16.1. The number of ether oxygens (including phenoxy) is 1. The third-order valence-electron chi connectivity index (χ3n) is 5.62. The summed E-state index contributed by atoms with van der Waals surface area (Å²) in [6.07, 6.45) is 0. The van der Waals surface area contributed by atoms with E-state index in [1.807, 2.05) is 55.5 Å². The number of benzene rings is 4. The summed E-state index contributed by atoms with van der Waals surface area (Å²) in [5.74, 6) is 0.595. The van der Waals surface area contributed by atoms with Gasteiger partial charge in [-0.05, 0) is 84.9 Å². The van der Waals surface area contributed by atoms with Gasteiger partial charge in [0.1, 0.15) is 23.6 Å². The van der Waals surface area contributed by atoms with Crippen molar-refractivity contribution in [3.8, 4) is 23.0 Å². The lowest BCUT2D eigenvalue weighted by Crippen LogP contribution is -2.34. The number of phenolic OH excluding ortho intramolecular Hbond substituents is 1. The highest BCUT2D eigenvalue weighted by atomic mass is 32.1. The highest BCUT2D eigenvalue weighted by Crippen LogP contribution is 2.33. The molecule has 0 aliphatic rings. The van der Waals surface area contributed by atoms with Gasteiger partial charge in [0, 0.05) is 11.3 Å². The summed E-state index contributed by atoms with van der Waals surface area (Å²) < 4.78 is 11.6. The number of rotatable bonds is 6. The zero-order valence-corrected chi connectivity index (χ0v) is 20.7. The zero-order chi connectivity index (χ0) is 25.8. The second-order valence-electron chi connectivity index (χ2n) is 8.43. The number of oxazole rings is 1. The van der Waals surface area contributed by atoms with Gasteiger partial charge < -0.3 is 19.6 Å². The van der Waals surface area contributed by atoms with Crippen molar-refractivity contribution >= 4 is 40.0 Å². The second kappa shape index (κ2) is 10.5. The van der Waals surface area contributed by atoms with Gasteiger partial charge in [0.25, 0.3) is 5.91 Å². The Hall–Kier alpha value is -4.69. The number of hydrogen-bond acceptors (Lipinski definition) is 6. The van der Waals surface area contributed by atoms with Crippen LogP contribution in [-0.4, -0.2) is 21.1 Å². The Bertz CT molecular complexity index is 1580. The van der Waals surface area contributed by atoms with Gasteiger partial charge in [-0.2, -0.15) is 0 Å². The summed E-state index contributed by atoms with van der Waals surface area (Å²) in [6.45, 7) is 2.41. The number of anilines is 1. The van der Waals surface area contributed by atoms with Crippen LogP contribution in [0, 0.1) is 6.92 Å². The van der Waals surface area contributed by atoms with Gasteiger partial charge in [0.2, 0.25) is 5.89 Å². The zero-order valence-electron chi connectivity index (χ0n) is 19.9. The first kappa shape index (κ1) is 24.0. The van der Waals surface area contributed by atoms with Gasteiger partial charge in [0.15, 0.2) is 10.7 Å². The highest BCUT2D eigenvalue weighted by Gasteiger charge is 2.15. The number of hydrogen-bond donors (Lipinski definition) is 3. The van der Waals surface area contributed by atoms with Crippen LogP contribution < -0.4 is 15.4 Å². The fraction of sp³-hybridized carbons (Fsp3) is 0.0690. The maximum Gasteiger partial charge on any atom is 0.257 e. The Morgan fingerprint density at radius 2 is 1.78 bits per heavy atom. The monoisotopic (exact) mass is 509 g/mol. The number of nitrogens with zero attached hydrogens (tertiary/aromatic N) is 1. The van der Waals surface area contributed by atoms with Gasteiger partial charge in [-0.25, -0.2) is 4.98 Å². The van der Waals surface area contributed by atoms with Crippen LogP contribution in [0.25, 0.3) is 22.6 Å². The number of aromatic nitrogens is 1. The number of phenols is 1. The van der Waals surface area contributed by atoms with E-state index < -0.39 is 0 Å². The van der Waals surface area contributed by atoms with E-state index in [-0.39, 0.29) is 22.7 Å². The smallest absolute Gasteiger partial charge is 0.257 e. The molecule has 1 amide bonds. The molecule has 5 aromatic rings. The lowest BCUT2D eigenvalue weighted by atomic mass is 10.1. The molecule has 0 spiro atoms. The van der Waals surface area contributed by atoms with Crippen molar-refractivity contribution < 1.29 is 19.1 Å². The number of nitrogens with one attached hydrogen (secondary N) is 2. The van der Waals surface area contributed by atoms with Crippen molar-refractivity contribution in [3.63, 3.8) is 0 Å². The average Bonchev–Trinajstić information content (AvgIpc) is 3.32. The van der Waals surface area contributed by atoms with Crippen LogP contribution in [0.5, 0.6) is 11.5 Å². The third-order valence-corrected chi connectivity index (χ3v) is 5.82. The number of aromatic hydroxyl groups is 1. The number of carbonyl (C=O) groups is 1. The fourth-order valence-corrected chi connectivity index (χ4v) is 3.93. The van der Waals surface area contributed by atoms with Gasteiger partial charge in [-0.15, -0.1) is 0 Å². The Morgan fingerprint density at radius 1 is 1.00 bits per heavy atom. The van der Waals surface area contributed by atoms with Crippen molar-refractivity contribution in [1.82, 2.24) is 10.3 Å². The minimum absolute atomic E-state index is 0.0124. The molecule has 0 aliphatic heterocycles. The molecule has 1 heterocycles. The summed E-state index contributed by atoms with van der Waals surface area (Å²) in [5.41, 5.74) is 4.83. The minimum atomic E-state index is -0.361. The molecule has 8 heteroatoms. The van der Waals surface area contributed by atoms with Gasteiger partial charge in [-0.1, -0.05) is 36.4 Å². The Kier molecular flexibility index (Phi) is 6.83. The largest absolute Gasteiger partial charge is 0.507 e. The maximum atomic E-state index is 12.7. The standard InChI is InChI=1S/C29H23N3O4S/c1-18-7-14-26-24(15-18)31-28(36-26)23-16-21(10-13-25(23)33)30-29(37)32-27(34)20-8-11-22(12-9-20)35-17-19-5-3-2-4-6-19/h2-16,33H,17H2,1H3,(H2,30,32,34,37). The van der Waals surface area contributed by atoms with Crippen molar-refractivity contribution in [2.45, 2.75) is 13.5 Å². The van der Waals surface area contributed by atoms with E-state index in [4.69, 9.17) is 21.4 Å². The first-order valence-electron chi connectivity index (χ1n) is 11.5. The second-order valence-corrected chi connectivity index (χ2v) is 8.84. The quantitative estimate of drug-likeness (QED) is 0.185. The van der Waals surface area contributed by atoms with Crippen LogP contribution in [-0.2, 0) is 6.61 Å². The van der Waals surface area contributed by atoms with Crippen molar-refractivity contribution in [2.24, 2.45) is 0 Å². The number of fused-ring (bicyclic) bond motifs is 1. The Balaban J connectivity index is 1.22. The predicted molar refractivity (Wildman–Crippen MR) is 147 cm³/mol. The molecule has 0 radical (unpaired) electrons. The Labute approximate surface area is 218 Å². The number of aryl methyl sites for hydroxylation is 1. The first-order valence-corrected chi connectivity index (χ1v) is 12.0. The van der Waals surface area contributed by atoms with Crippen LogP contribution in [0.3, 0.4) is 0 Å². The van der Waals surface area contributed by atoms with Crippen molar-refractivity contribution in [2.75, 3.05) is 5.32 Å². The number of amides is 1. The van der Waals surface area contributed by atoms with Crippen LogP contribution in [0.2, 0.25) is 0 Å². The minimum Gasteiger partial charge on any atom is -0.507 e. The Morgan fingerprint density at radius 3 is 2.57 bits per heavy atom. The van der Waals surface area contributed by atoms with Crippen molar-refractivity contribution in [3.05, 3.63) is 108 Å². The van der Waals surface area contributed by atoms with Crippen LogP contribution in [0.15, 0.2) is 95.4 Å². The molecular weight excluding hydrogens is 486 g/mol. The predicted octanol–water partition coefficient (Wildman–Crippen LogP) is 6.21. The molecule has 0 unspecified atom stereocenters. The number of thiocarbonyl (C=S) groups is 1. The first-order chi connectivity index (χ1) is 17.9. The van der Waals surface area contributed by atoms with Crippen LogP contribution in [0.1, 0.15) is 21.5 Å². The SMILES string of the molecule is Cc1ccc2oc(-c3cc(NC(=S)NC(=O)c4ccc(OCc5ccccc5)cc4)ccc3O)nc2c1.